The molecule has 0 saturated heterocycles. The molecule has 0 aliphatic rings. The standard InChI is InChI=1S/C14H16BrNOS/c1-9-6-7-18-14(9)10(2)16-11-4-5-12(15)13(8-11)17-3/h4-8,10,16H,1-3H3. The van der Waals surface area contributed by atoms with Gasteiger partial charge in [0, 0.05) is 16.6 Å². The summed E-state index contributed by atoms with van der Waals surface area (Å²) >= 11 is 5.24. The summed E-state index contributed by atoms with van der Waals surface area (Å²) in [5.41, 5.74) is 2.40. The van der Waals surface area contributed by atoms with E-state index in [0.29, 0.717) is 6.04 Å². The van der Waals surface area contributed by atoms with Crippen molar-refractivity contribution in [3.8, 4) is 5.75 Å². The quantitative estimate of drug-likeness (QED) is 0.853. The van der Waals surface area contributed by atoms with Gasteiger partial charge in [0.15, 0.2) is 0 Å². The molecule has 2 nitrogen and oxygen atoms in total. The molecule has 18 heavy (non-hydrogen) atoms. The number of rotatable bonds is 4. The van der Waals surface area contributed by atoms with E-state index in [-0.39, 0.29) is 0 Å². The lowest BCUT2D eigenvalue weighted by molar-refractivity contribution is 0.412. The van der Waals surface area contributed by atoms with Crippen LogP contribution in [0.25, 0.3) is 0 Å². The van der Waals surface area contributed by atoms with Gasteiger partial charge in [0.2, 0.25) is 0 Å². The first kappa shape index (κ1) is 13.4. The summed E-state index contributed by atoms with van der Waals surface area (Å²) in [6.45, 7) is 4.32. The number of halogens is 1. The number of hydrogen-bond acceptors (Lipinski definition) is 3. The number of methoxy groups -OCH3 is 1. The molecular weight excluding hydrogens is 310 g/mol. The second-order valence-electron chi connectivity index (χ2n) is 4.18. The lowest BCUT2D eigenvalue weighted by Crippen LogP contribution is -2.06. The first-order chi connectivity index (χ1) is 8.61. The minimum absolute atomic E-state index is 0.302. The third kappa shape index (κ3) is 2.87. The van der Waals surface area contributed by atoms with Gasteiger partial charge in [0.25, 0.3) is 0 Å². The van der Waals surface area contributed by atoms with Crippen LogP contribution in [0, 0.1) is 6.92 Å². The van der Waals surface area contributed by atoms with Crippen LogP contribution in [0.3, 0.4) is 0 Å². The van der Waals surface area contributed by atoms with Crippen LogP contribution in [0.1, 0.15) is 23.4 Å². The maximum atomic E-state index is 5.30. The Morgan fingerprint density at radius 1 is 1.33 bits per heavy atom. The van der Waals surface area contributed by atoms with Gasteiger partial charge in [-0.1, -0.05) is 0 Å². The Bertz CT molecular complexity index is 538. The molecule has 0 amide bonds. The van der Waals surface area contributed by atoms with E-state index in [1.807, 2.05) is 18.2 Å². The first-order valence-electron chi connectivity index (χ1n) is 5.76. The van der Waals surface area contributed by atoms with Gasteiger partial charge in [-0.2, -0.15) is 0 Å². The molecule has 1 heterocycles. The highest BCUT2D eigenvalue weighted by Gasteiger charge is 2.10. The molecule has 0 bridgehead atoms. The number of nitrogens with one attached hydrogen (secondary N) is 1. The van der Waals surface area contributed by atoms with Gasteiger partial charge in [0.05, 0.1) is 17.6 Å². The molecule has 4 heteroatoms. The summed E-state index contributed by atoms with van der Waals surface area (Å²) < 4.78 is 6.27. The van der Waals surface area contributed by atoms with Crippen LogP contribution in [0.5, 0.6) is 5.75 Å². The molecule has 96 valence electrons. The first-order valence-corrected chi connectivity index (χ1v) is 7.43. The molecule has 0 aliphatic heterocycles. The third-order valence-electron chi connectivity index (χ3n) is 2.83. The van der Waals surface area contributed by atoms with Crippen LogP contribution in [-0.4, -0.2) is 7.11 Å². The highest BCUT2D eigenvalue weighted by molar-refractivity contribution is 9.10. The number of thiophene rings is 1. The monoisotopic (exact) mass is 325 g/mol. The molecule has 1 aromatic carbocycles. The normalized spacial score (nSPS) is 12.2. The zero-order valence-corrected chi connectivity index (χ0v) is 13.1. The summed E-state index contributed by atoms with van der Waals surface area (Å²) in [6, 6.07) is 8.50. The summed E-state index contributed by atoms with van der Waals surface area (Å²) in [7, 11) is 1.68. The van der Waals surface area contributed by atoms with Crippen molar-refractivity contribution in [1.29, 1.82) is 0 Å². The summed E-state index contributed by atoms with van der Waals surface area (Å²) in [5.74, 6) is 0.843. The molecule has 0 spiro atoms. The minimum Gasteiger partial charge on any atom is -0.495 e. The zero-order valence-electron chi connectivity index (χ0n) is 10.7. The Kier molecular flexibility index (Phi) is 4.30. The lowest BCUT2D eigenvalue weighted by atomic mass is 10.2. The molecule has 2 rings (SSSR count). The highest BCUT2D eigenvalue weighted by Crippen LogP contribution is 2.31. The van der Waals surface area contributed by atoms with Crippen LogP contribution < -0.4 is 10.1 Å². The molecule has 2 aromatic rings. The van der Waals surface area contributed by atoms with Gasteiger partial charge in [-0.3, -0.25) is 0 Å². The molecule has 0 aliphatic carbocycles. The van der Waals surface area contributed by atoms with Crippen LogP contribution in [0.2, 0.25) is 0 Å². The molecule has 0 fully saturated rings. The highest BCUT2D eigenvalue weighted by atomic mass is 79.9. The Morgan fingerprint density at radius 3 is 2.72 bits per heavy atom. The van der Waals surface area contributed by atoms with Crippen LogP contribution in [0.15, 0.2) is 34.1 Å². The van der Waals surface area contributed by atoms with Gasteiger partial charge >= 0.3 is 0 Å². The van der Waals surface area contributed by atoms with E-state index >= 15 is 0 Å². The average molecular weight is 326 g/mol. The molecular formula is C14H16BrNOS. The van der Waals surface area contributed by atoms with E-state index in [4.69, 9.17) is 4.74 Å². The molecule has 1 atom stereocenters. The van der Waals surface area contributed by atoms with Gasteiger partial charge in [-0.15, -0.1) is 11.3 Å². The van der Waals surface area contributed by atoms with E-state index in [1.54, 1.807) is 18.4 Å². The molecule has 0 radical (unpaired) electrons. The fourth-order valence-electron chi connectivity index (χ4n) is 1.89. The predicted octanol–water partition coefficient (Wildman–Crippen LogP) is 5.00. The van der Waals surface area contributed by atoms with Crippen molar-refractivity contribution in [2.75, 3.05) is 12.4 Å². The summed E-state index contributed by atoms with van der Waals surface area (Å²) in [5, 5.41) is 5.63. The van der Waals surface area contributed by atoms with Gasteiger partial charge < -0.3 is 10.1 Å². The second kappa shape index (κ2) is 5.76. The van der Waals surface area contributed by atoms with E-state index in [2.05, 4.69) is 46.5 Å². The van der Waals surface area contributed by atoms with Crippen molar-refractivity contribution in [3.63, 3.8) is 0 Å². The van der Waals surface area contributed by atoms with Crippen LogP contribution >= 0.6 is 27.3 Å². The number of anilines is 1. The van der Waals surface area contributed by atoms with Gasteiger partial charge in [-0.05, 0) is 58.9 Å². The van der Waals surface area contributed by atoms with Crippen molar-refractivity contribution >= 4 is 33.0 Å². The molecule has 1 aromatic heterocycles. The SMILES string of the molecule is COc1cc(NC(C)c2sccc2C)ccc1Br. The van der Waals surface area contributed by atoms with Crippen LogP contribution in [-0.2, 0) is 0 Å². The fourth-order valence-corrected chi connectivity index (χ4v) is 3.24. The Morgan fingerprint density at radius 2 is 2.11 bits per heavy atom. The summed E-state index contributed by atoms with van der Waals surface area (Å²) in [4.78, 5) is 1.37. The Hall–Kier alpha value is -1.00. The number of ether oxygens (including phenoxy) is 1. The second-order valence-corrected chi connectivity index (χ2v) is 5.99. The molecule has 1 N–H and O–H groups in total. The summed E-state index contributed by atoms with van der Waals surface area (Å²) in [6.07, 6.45) is 0. The maximum absolute atomic E-state index is 5.30. The largest absolute Gasteiger partial charge is 0.495 e. The molecule has 0 saturated carbocycles. The smallest absolute Gasteiger partial charge is 0.135 e. The number of hydrogen-bond donors (Lipinski definition) is 1. The van der Waals surface area contributed by atoms with E-state index in [9.17, 15) is 0 Å². The zero-order chi connectivity index (χ0) is 13.1. The third-order valence-corrected chi connectivity index (χ3v) is 4.69. The number of benzene rings is 1. The van der Waals surface area contributed by atoms with Crippen LogP contribution in [0.4, 0.5) is 5.69 Å². The van der Waals surface area contributed by atoms with E-state index in [0.717, 1.165) is 15.9 Å². The Labute approximate surface area is 120 Å². The Balaban J connectivity index is 2.17. The van der Waals surface area contributed by atoms with Crippen molar-refractivity contribution in [2.45, 2.75) is 19.9 Å². The fraction of sp³-hybridized carbons (Fsp3) is 0.286. The average Bonchev–Trinajstić information content (AvgIpc) is 2.78. The molecule has 1 unspecified atom stereocenters. The van der Waals surface area contributed by atoms with Gasteiger partial charge in [0.1, 0.15) is 5.75 Å². The lowest BCUT2D eigenvalue weighted by Gasteiger charge is -2.16. The van der Waals surface area contributed by atoms with Crippen molar-refractivity contribution < 1.29 is 4.74 Å². The van der Waals surface area contributed by atoms with Crippen molar-refractivity contribution in [1.82, 2.24) is 0 Å². The maximum Gasteiger partial charge on any atom is 0.135 e. The van der Waals surface area contributed by atoms with Gasteiger partial charge in [-0.25, -0.2) is 0 Å². The van der Waals surface area contributed by atoms with E-state index < -0.39 is 0 Å². The van der Waals surface area contributed by atoms with Crippen molar-refractivity contribution in [3.05, 3.63) is 44.6 Å². The van der Waals surface area contributed by atoms with E-state index in [1.165, 1.54) is 10.4 Å². The minimum atomic E-state index is 0.302. The van der Waals surface area contributed by atoms with Crippen molar-refractivity contribution in [2.24, 2.45) is 0 Å². The predicted molar refractivity (Wildman–Crippen MR) is 81.8 cm³/mol. The topological polar surface area (TPSA) is 21.3 Å². The number of aryl methyl sites for hydroxylation is 1.